The van der Waals surface area contributed by atoms with E-state index in [9.17, 15) is 4.79 Å². The summed E-state index contributed by atoms with van der Waals surface area (Å²) in [6, 6.07) is 5.64. The molecule has 0 N–H and O–H groups in total. The van der Waals surface area contributed by atoms with E-state index in [2.05, 4.69) is 11.9 Å². The molecule has 1 atom stereocenters. The third kappa shape index (κ3) is 3.07. The zero-order valence-electron chi connectivity index (χ0n) is 10.6. The van der Waals surface area contributed by atoms with Gasteiger partial charge in [-0.25, -0.2) is 4.98 Å². The number of nitrogens with zero attached hydrogens (tertiary/aromatic N) is 3. The van der Waals surface area contributed by atoms with Crippen molar-refractivity contribution in [3.8, 4) is 6.07 Å². The van der Waals surface area contributed by atoms with Gasteiger partial charge in [0.1, 0.15) is 11.8 Å². The Balaban J connectivity index is 2.07. The molecule has 0 bridgehead atoms. The Morgan fingerprint density at radius 1 is 1.56 bits per heavy atom. The maximum Gasteiger partial charge on any atom is 0.222 e. The van der Waals surface area contributed by atoms with Gasteiger partial charge in [-0.2, -0.15) is 5.26 Å². The third-order valence-corrected chi connectivity index (χ3v) is 3.41. The molecule has 2 heterocycles. The first-order chi connectivity index (χ1) is 8.69. The van der Waals surface area contributed by atoms with Crippen LogP contribution in [0.25, 0.3) is 0 Å². The van der Waals surface area contributed by atoms with Crippen LogP contribution in [0.3, 0.4) is 0 Å². The predicted octanol–water partition coefficient (Wildman–Crippen LogP) is 2.10. The first-order valence-electron chi connectivity index (χ1n) is 6.32. The summed E-state index contributed by atoms with van der Waals surface area (Å²) in [6.45, 7) is 3.59. The summed E-state index contributed by atoms with van der Waals surface area (Å²) in [7, 11) is 0. The number of pyridine rings is 1. The van der Waals surface area contributed by atoms with Crippen molar-refractivity contribution >= 4 is 5.91 Å². The van der Waals surface area contributed by atoms with E-state index in [-0.39, 0.29) is 5.91 Å². The lowest BCUT2D eigenvalue weighted by Gasteiger charge is -2.20. The molecular weight excluding hydrogens is 226 g/mol. The monoisotopic (exact) mass is 243 g/mol. The third-order valence-electron chi connectivity index (χ3n) is 3.41. The van der Waals surface area contributed by atoms with Crippen molar-refractivity contribution in [2.24, 2.45) is 5.92 Å². The molecule has 0 aliphatic carbocycles. The standard InChI is InChI=1S/C14H17N3O/c1-11-2-3-14(18)17(7-5-11)10-12-4-6-16-13(8-12)9-15/h4,6,8,11H,2-3,5,7,10H2,1H3. The van der Waals surface area contributed by atoms with Crippen LogP contribution >= 0.6 is 0 Å². The average molecular weight is 243 g/mol. The largest absolute Gasteiger partial charge is 0.338 e. The SMILES string of the molecule is CC1CCC(=O)N(Cc2ccnc(C#N)c2)CC1. The van der Waals surface area contributed by atoms with Crippen molar-refractivity contribution in [1.82, 2.24) is 9.88 Å². The van der Waals surface area contributed by atoms with Crippen LogP contribution in [0.4, 0.5) is 0 Å². The van der Waals surface area contributed by atoms with Crippen molar-refractivity contribution in [2.45, 2.75) is 32.7 Å². The molecule has 1 aromatic heterocycles. The summed E-state index contributed by atoms with van der Waals surface area (Å²) in [5.74, 6) is 0.834. The van der Waals surface area contributed by atoms with E-state index in [4.69, 9.17) is 5.26 Å². The van der Waals surface area contributed by atoms with Gasteiger partial charge in [-0.3, -0.25) is 4.79 Å². The molecule has 1 saturated heterocycles. The number of carbonyl (C=O) groups excluding carboxylic acids is 1. The molecule has 1 unspecified atom stereocenters. The van der Waals surface area contributed by atoms with E-state index < -0.39 is 0 Å². The molecule has 1 aromatic rings. The molecule has 0 aromatic carbocycles. The number of aromatic nitrogens is 1. The van der Waals surface area contributed by atoms with Crippen molar-refractivity contribution < 1.29 is 4.79 Å². The maximum atomic E-state index is 12.0. The van der Waals surface area contributed by atoms with Gasteiger partial charge in [-0.15, -0.1) is 0 Å². The van der Waals surface area contributed by atoms with Gasteiger partial charge >= 0.3 is 0 Å². The highest BCUT2D eigenvalue weighted by atomic mass is 16.2. The minimum absolute atomic E-state index is 0.217. The number of carbonyl (C=O) groups is 1. The van der Waals surface area contributed by atoms with Gasteiger partial charge in [0.05, 0.1) is 0 Å². The maximum absolute atomic E-state index is 12.0. The molecule has 18 heavy (non-hydrogen) atoms. The zero-order valence-corrected chi connectivity index (χ0v) is 10.6. The molecule has 4 nitrogen and oxygen atoms in total. The summed E-state index contributed by atoms with van der Waals surface area (Å²) >= 11 is 0. The summed E-state index contributed by atoms with van der Waals surface area (Å²) in [5, 5.41) is 8.81. The number of nitriles is 1. The smallest absolute Gasteiger partial charge is 0.222 e. The van der Waals surface area contributed by atoms with Gasteiger partial charge in [-0.1, -0.05) is 6.92 Å². The topological polar surface area (TPSA) is 57.0 Å². The van der Waals surface area contributed by atoms with Gasteiger partial charge in [0.25, 0.3) is 0 Å². The van der Waals surface area contributed by atoms with Crippen LogP contribution in [0.2, 0.25) is 0 Å². The molecule has 0 spiro atoms. The molecular formula is C14H17N3O. The normalized spacial score (nSPS) is 20.3. The fourth-order valence-corrected chi connectivity index (χ4v) is 2.19. The fourth-order valence-electron chi connectivity index (χ4n) is 2.19. The van der Waals surface area contributed by atoms with E-state index in [0.717, 1.165) is 24.9 Å². The van der Waals surface area contributed by atoms with Crippen LogP contribution in [0.5, 0.6) is 0 Å². The molecule has 4 heteroatoms. The van der Waals surface area contributed by atoms with Crippen LogP contribution in [0.1, 0.15) is 37.4 Å². The highest BCUT2D eigenvalue weighted by Gasteiger charge is 2.20. The average Bonchev–Trinajstić information content (AvgIpc) is 2.54. The summed E-state index contributed by atoms with van der Waals surface area (Å²) in [4.78, 5) is 17.8. The number of hydrogen-bond donors (Lipinski definition) is 0. The fraction of sp³-hybridized carbons (Fsp3) is 0.500. The number of hydrogen-bond acceptors (Lipinski definition) is 3. The molecule has 0 radical (unpaired) electrons. The van der Waals surface area contributed by atoms with Gasteiger partial charge in [0, 0.05) is 25.7 Å². The molecule has 1 fully saturated rings. The number of likely N-dealkylation sites (tertiary alicyclic amines) is 1. The Bertz CT molecular complexity index is 478. The van der Waals surface area contributed by atoms with E-state index in [1.165, 1.54) is 0 Å². The Morgan fingerprint density at radius 2 is 2.39 bits per heavy atom. The highest BCUT2D eigenvalue weighted by molar-refractivity contribution is 5.76. The second-order valence-electron chi connectivity index (χ2n) is 4.91. The molecule has 1 amide bonds. The summed E-state index contributed by atoms with van der Waals surface area (Å²) < 4.78 is 0. The van der Waals surface area contributed by atoms with Gasteiger partial charge < -0.3 is 4.90 Å². The second kappa shape index (κ2) is 5.63. The van der Waals surface area contributed by atoms with Gasteiger partial charge in [0.15, 0.2) is 0 Å². The lowest BCUT2D eigenvalue weighted by Crippen LogP contribution is -2.29. The van der Waals surface area contributed by atoms with Crippen LogP contribution in [-0.2, 0) is 11.3 Å². The molecule has 0 saturated carbocycles. The van der Waals surface area contributed by atoms with Gasteiger partial charge in [0.2, 0.25) is 5.91 Å². The zero-order chi connectivity index (χ0) is 13.0. The first kappa shape index (κ1) is 12.6. The van der Waals surface area contributed by atoms with Crippen LogP contribution in [0.15, 0.2) is 18.3 Å². The number of amides is 1. The second-order valence-corrected chi connectivity index (χ2v) is 4.91. The summed E-state index contributed by atoms with van der Waals surface area (Å²) in [6.07, 6.45) is 4.30. The Morgan fingerprint density at radius 3 is 3.17 bits per heavy atom. The van der Waals surface area contributed by atoms with Crippen molar-refractivity contribution in [3.63, 3.8) is 0 Å². The Labute approximate surface area is 107 Å². The van der Waals surface area contributed by atoms with Crippen LogP contribution < -0.4 is 0 Å². The lowest BCUT2D eigenvalue weighted by molar-refractivity contribution is -0.131. The molecule has 2 rings (SSSR count). The van der Waals surface area contributed by atoms with Crippen molar-refractivity contribution in [3.05, 3.63) is 29.6 Å². The molecule has 1 aliphatic heterocycles. The minimum atomic E-state index is 0.217. The van der Waals surface area contributed by atoms with E-state index in [1.807, 2.05) is 17.0 Å². The van der Waals surface area contributed by atoms with Crippen molar-refractivity contribution in [1.29, 1.82) is 5.26 Å². The number of rotatable bonds is 2. The van der Waals surface area contributed by atoms with E-state index >= 15 is 0 Å². The Kier molecular flexibility index (Phi) is 3.93. The van der Waals surface area contributed by atoms with Crippen LogP contribution in [0, 0.1) is 17.2 Å². The summed E-state index contributed by atoms with van der Waals surface area (Å²) in [5.41, 5.74) is 1.38. The first-order valence-corrected chi connectivity index (χ1v) is 6.32. The minimum Gasteiger partial charge on any atom is -0.338 e. The molecule has 94 valence electrons. The lowest BCUT2D eigenvalue weighted by atomic mass is 10.0. The highest BCUT2D eigenvalue weighted by Crippen LogP contribution is 2.19. The Hall–Kier alpha value is -1.89. The van der Waals surface area contributed by atoms with E-state index in [0.29, 0.717) is 24.6 Å². The van der Waals surface area contributed by atoms with Crippen LogP contribution in [-0.4, -0.2) is 22.3 Å². The predicted molar refractivity (Wildman–Crippen MR) is 67.4 cm³/mol. The van der Waals surface area contributed by atoms with Crippen molar-refractivity contribution in [2.75, 3.05) is 6.54 Å². The molecule has 1 aliphatic rings. The van der Waals surface area contributed by atoms with E-state index in [1.54, 1.807) is 12.3 Å². The quantitative estimate of drug-likeness (QED) is 0.799. The van der Waals surface area contributed by atoms with Gasteiger partial charge in [-0.05, 0) is 36.5 Å².